The summed E-state index contributed by atoms with van der Waals surface area (Å²) in [4.78, 5) is 4.22. The number of ether oxygens (including phenoxy) is 1. The Labute approximate surface area is 165 Å². The van der Waals surface area contributed by atoms with E-state index in [0.29, 0.717) is 12.5 Å². The zero-order chi connectivity index (χ0) is 17.4. The Morgan fingerprint density at radius 2 is 1.80 bits per heavy atom. The second-order valence-electron chi connectivity index (χ2n) is 5.58. The third kappa shape index (κ3) is 6.53. The maximum absolute atomic E-state index is 12.9. The predicted molar refractivity (Wildman–Crippen MR) is 111 cm³/mol. The fraction of sp³-hybridized carbons (Fsp3) is 0.316. The molecule has 1 unspecified atom stereocenters. The van der Waals surface area contributed by atoms with Gasteiger partial charge in [-0.15, -0.1) is 24.0 Å². The molecule has 6 heteroatoms. The van der Waals surface area contributed by atoms with E-state index in [9.17, 15) is 4.39 Å². The summed E-state index contributed by atoms with van der Waals surface area (Å²) >= 11 is 0. The van der Waals surface area contributed by atoms with Crippen molar-refractivity contribution in [2.45, 2.75) is 19.4 Å². The molecular formula is C19H25FIN3O. The molecule has 1 atom stereocenters. The van der Waals surface area contributed by atoms with Crippen molar-refractivity contribution >= 4 is 29.9 Å². The normalized spacial score (nSPS) is 12.1. The third-order valence-corrected chi connectivity index (χ3v) is 3.84. The van der Waals surface area contributed by atoms with Crippen molar-refractivity contribution < 1.29 is 9.13 Å². The molecule has 2 aromatic carbocycles. The van der Waals surface area contributed by atoms with Crippen molar-refractivity contribution in [1.29, 1.82) is 0 Å². The molecule has 25 heavy (non-hydrogen) atoms. The quantitative estimate of drug-likeness (QED) is 0.393. The molecule has 0 saturated carbocycles. The molecule has 2 rings (SSSR count). The van der Waals surface area contributed by atoms with Crippen LogP contribution in [0.25, 0.3) is 0 Å². The lowest BCUT2D eigenvalue weighted by Crippen LogP contribution is -2.38. The minimum atomic E-state index is -0.230. The highest BCUT2D eigenvalue weighted by Gasteiger charge is 2.11. The van der Waals surface area contributed by atoms with Gasteiger partial charge in [0.05, 0.1) is 7.11 Å². The highest BCUT2D eigenvalue weighted by atomic mass is 127. The van der Waals surface area contributed by atoms with E-state index in [4.69, 9.17) is 4.74 Å². The summed E-state index contributed by atoms with van der Waals surface area (Å²) in [5.41, 5.74) is 2.15. The zero-order valence-electron chi connectivity index (χ0n) is 14.8. The number of nitrogens with zero attached hydrogens (tertiary/aromatic N) is 1. The van der Waals surface area contributed by atoms with Crippen molar-refractivity contribution in [3.63, 3.8) is 0 Å². The van der Waals surface area contributed by atoms with Gasteiger partial charge in [0, 0.05) is 26.1 Å². The van der Waals surface area contributed by atoms with Crippen LogP contribution in [0.3, 0.4) is 0 Å². The predicted octanol–water partition coefficient (Wildman–Crippen LogP) is 3.92. The third-order valence-electron chi connectivity index (χ3n) is 3.84. The van der Waals surface area contributed by atoms with Gasteiger partial charge in [-0.05, 0) is 29.3 Å². The van der Waals surface area contributed by atoms with Crippen LogP contribution in [-0.2, 0) is 6.54 Å². The van der Waals surface area contributed by atoms with Crippen LogP contribution in [0, 0.1) is 5.82 Å². The highest BCUT2D eigenvalue weighted by molar-refractivity contribution is 14.0. The van der Waals surface area contributed by atoms with Crippen LogP contribution >= 0.6 is 24.0 Å². The molecule has 0 heterocycles. The van der Waals surface area contributed by atoms with Crippen LogP contribution in [-0.4, -0.2) is 26.7 Å². The molecule has 0 aliphatic heterocycles. The van der Waals surface area contributed by atoms with Gasteiger partial charge in [-0.1, -0.05) is 37.3 Å². The van der Waals surface area contributed by atoms with Gasteiger partial charge in [0.2, 0.25) is 0 Å². The van der Waals surface area contributed by atoms with Crippen LogP contribution < -0.4 is 15.4 Å². The van der Waals surface area contributed by atoms with Crippen LogP contribution in [0.15, 0.2) is 53.5 Å². The molecule has 0 fully saturated rings. The van der Waals surface area contributed by atoms with E-state index in [0.717, 1.165) is 23.4 Å². The van der Waals surface area contributed by atoms with E-state index in [2.05, 4.69) is 28.6 Å². The Kier molecular flexibility index (Phi) is 9.26. The van der Waals surface area contributed by atoms with Gasteiger partial charge in [-0.25, -0.2) is 4.39 Å². The van der Waals surface area contributed by atoms with E-state index in [1.165, 1.54) is 12.1 Å². The molecule has 0 amide bonds. The van der Waals surface area contributed by atoms with Crippen LogP contribution in [0.2, 0.25) is 0 Å². The maximum Gasteiger partial charge on any atom is 0.191 e. The highest BCUT2D eigenvalue weighted by Crippen LogP contribution is 2.25. The SMILES string of the molecule is CN=C(NCc1ccc(F)cc1)NCC(C)c1ccccc1OC.I. The van der Waals surface area contributed by atoms with Crippen molar-refractivity contribution in [3.8, 4) is 5.75 Å². The Balaban J connectivity index is 0.00000312. The van der Waals surface area contributed by atoms with Crippen LogP contribution in [0.5, 0.6) is 5.75 Å². The lowest BCUT2D eigenvalue weighted by atomic mass is 10.0. The average molecular weight is 457 g/mol. The largest absolute Gasteiger partial charge is 0.496 e. The van der Waals surface area contributed by atoms with E-state index in [1.54, 1.807) is 26.3 Å². The van der Waals surface area contributed by atoms with E-state index < -0.39 is 0 Å². The molecule has 4 nitrogen and oxygen atoms in total. The van der Waals surface area contributed by atoms with Gasteiger partial charge in [-0.3, -0.25) is 4.99 Å². The molecular weight excluding hydrogens is 432 g/mol. The smallest absolute Gasteiger partial charge is 0.191 e. The molecule has 0 radical (unpaired) electrons. The number of methoxy groups -OCH3 is 1. The van der Waals surface area contributed by atoms with Crippen LogP contribution in [0.4, 0.5) is 4.39 Å². The number of nitrogens with one attached hydrogen (secondary N) is 2. The molecule has 2 aromatic rings. The number of hydrogen-bond donors (Lipinski definition) is 2. The van der Waals surface area contributed by atoms with Crippen LogP contribution in [0.1, 0.15) is 24.0 Å². The Morgan fingerprint density at radius 1 is 1.12 bits per heavy atom. The van der Waals surface area contributed by atoms with E-state index in [1.807, 2.05) is 18.2 Å². The minimum Gasteiger partial charge on any atom is -0.496 e. The van der Waals surface area contributed by atoms with Crippen molar-refractivity contribution in [2.75, 3.05) is 20.7 Å². The maximum atomic E-state index is 12.9. The summed E-state index contributed by atoms with van der Waals surface area (Å²) in [6.45, 7) is 3.45. The molecule has 0 saturated heterocycles. The topological polar surface area (TPSA) is 45.7 Å². The number of guanidine groups is 1. The zero-order valence-corrected chi connectivity index (χ0v) is 17.1. The van der Waals surface area contributed by atoms with E-state index in [-0.39, 0.29) is 35.7 Å². The first-order valence-electron chi connectivity index (χ1n) is 7.96. The molecule has 0 bridgehead atoms. The molecule has 0 spiro atoms. The van der Waals surface area contributed by atoms with Gasteiger partial charge in [0.25, 0.3) is 0 Å². The Hall–Kier alpha value is -1.83. The minimum absolute atomic E-state index is 0. The molecule has 2 N–H and O–H groups in total. The molecule has 0 aliphatic carbocycles. The summed E-state index contributed by atoms with van der Waals surface area (Å²) in [6.07, 6.45) is 0. The number of benzene rings is 2. The summed E-state index contributed by atoms with van der Waals surface area (Å²) in [5, 5.41) is 6.54. The molecule has 0 aromatic heterocycles. The standard InChI is InChI=1S/C19H24FN3O.HI/c1-14(17-6-4-5-7-18(17)24-3)12-22-19(21-2)23-13-15-8-10-16(20)11-9-15;/h4-11,14H,12-13H2,1-3H3,(H2,21,22,23);1H. The summed E-state index contributed by atoms with van der Waals surface area (Å²) in [5.74, 6) is 1.64. The second-order valence-corrected chi connectivity index (χ2v) is 5.58. The fourth-order valence-electron chi connectivity index (χ4n) is 2.44. The van der Waals surface area contributed by atoms with Crippen molar-refractivity contribution in [1.82, 2.24) is 10.6 Å². The number of rotatable bonds is 6. The monoisotopic (exact) mass is 457 g/mol. The Morgan fingerprint density at radius 3 is 2.44 bits per heavy atom. The van der Waals surface area contributed by atoms with Gasteiger partial charge in [-0.2, -0.15) is 0 Å². The summed E-state index contributed by atoms with van der Waals surface area (Å²) in [7, 11) is 3.41. The van der Waals surface area contributed by atoms with Gasteiger partial charge in [0.15, 0.2) is 5.96 Å². The number of hydrogen-bond acceptors (Lipinski definition) is 2. The lowest BCUT2D eigenvalue weighted by Gasteiger charge is -2.18. The fourth-order valence-corrected chi connectivity index (χ4v) is 2.44. The first-order chi connectivity index (χ1) is 11.6. The second kappa shape index (κ2) is 10.9. The van der Waals surface area contributed by atoms with E-state index >= 15 is 0 Å². The number of aliphatic imine (C=N–C) groups is 1. The van der Waals surface area contributed by atoms with Crippen molar-refractivity contribution in [2.24, 2.45) is 4.99 Å². The lowest BCUT2D eigenvalue weighted by molar-refractivity contribution is 0.406. The Bertz CT molecular complexity index is 677. The first-order valence-corrected chi connectivity index (χ1v) is 7.96. The first kappa shape index (κ1) is 21.2. The average Bonchev–Trinajstić information content (AvgIpc) is 2.63. The van der Waals surface area contributed by atoms with Gasteiger partial charge >= 0.3 is 0 Å². The van der Waals surface area contributed by atoms with Gasteiger partial charge < -0.3 is 15.4 Å². The number of para-hydroxylation sites is 1. The van der Waals surface area contributed by atoms with Gasteiger partial charge in [0.1, 0.15) is 11.6 Å². The summed E-state index contributed by atoms with van der Waals surface area (Å²) in [6, 6.07) is 14.4. The summed E-state index contributed by atoms with van der Waals surface area (Å²) < 4.78 is 18.3. The molecule has 0 aliphatic rings. The number of halogens is 2. The van der Waals surface area contributed by atoms with Crippen molar-refractivity contribution in [3.05, 3.63) is 65.5 Å². The molecule has 136 valence electrons.